The number of sulfonamides is 1. The van der Waals surface area contributed by atoms with E-state index in [4.69, 9.17) is 16.6 Å². The van der Waals surface area contributed by atoms with Crippen LogP contribution in [0.3, 0.4) is 0 Å². The van der Waals surface area contributed by atoms with Gasteiger partial charge in [0.15, 0.2) is 5.11 Å². The Morgan fingerprint density at radius 3 is 2.67 bits per heavy atom. The largest absolute Gasteiger partial charge is 0.467 e. The van der Waals surface area contributed by atoms with Crippen LogP contribution in [0.25, 0.3) is 0 Å². The fourth-order valence-corrected chi connectivity index (χ4v) is 4.82. The molecule has 0 aliphatic carbocycles. The van der Waals surface area contributed by atoms with Crippen LogP contribution in [0.15, 0.2) is 50.8 Å². The first-order valence-electron chi connectivity index (χ1n) is 8.01. The number of thioether (sulfide) groups is 1. The average Bonchev–Trinajstić information content (AvgIpc) is 3.16. The second-order valence-electron chi connectivity index (χ2n) is 5.65. The first-order valence-corrected chi connectivity index (χ1v) is 11.1. The van der Waals surface area contributed by atoms with Crippen LogP contribution in [0.5, 0.6) is 0 Å². The normalized spacial score (nSPS) is 12.3. The molecular formula is C17H21N3O4S3. The maximum atomic E-state index is 12.6. The Morgan fingerprint density at radius 2 is 2.07 bits per heavy atom. The minimum Gasteiger partial charge on any atom is -0.467 e. The van der Waals surface area contributed by atoms with Crippen molar-refractivity contribution in [2.45, 2.75) is 29.2 Å². The Kier molecular flexibility index (Phi) is 7.28. The Bertz CT molecular complexity index is 912. The summed E-state index contributed by atoms with van der Waals surface area (Å²) in [5.41, 5.74) is 0.577. The summed E-state index contributed by atoms with van der Waals surface area (Å²) in [6, 6.07) is 8.15. The van der Waals surface area contributed by atoms with Crippen LogP contribution in [0.1, 0.15) is 24.3 Å². The summed E-state index contributed by atoms with van der Waals surface area (Å²) in [6.45, 7) is 1.81. The lowest BCUT2D eigenvalue weighted by atomic mass is 10.1. The van der Waals surface area contributed by atoms with Gasteiger partial charge in [-0.15, -0.1) is 11.8 Å². The molecule has 0 radical (unpaired) electrons. The molecule has 0 aliphatic rings. The topological polar surface area (TPSA) is 100 Å². The lowest BCUT2D eigenvalue weighted by Crippen LogP contribution is -2.37. The zero-order valence-corrected chi connectivity index (χ0v) is 17.6. The van der Waals surface area contributed by atoms with E-state index in [0.717, 1.165) is 0 Å². The maximum Gasteiger partial charge on any atom is 0.264 e. The van der Waals surface area contributed by atoms with E-state index in [1.54, 1.807) is 36.8 Å². The van der Waals surface area contributed by atoms with Crippen molar-refractivity contribution in [3.63, 3.8) is 0 Å². The molecule has 2 aromatic rings. The molecule has 1 aromatic heterocycles. The Morgan fingerprint density at radius 1 is 1.33 bits per heavy atom. The van der Waals surface area contributed by atoms with Gasteiger partial charge in [-0.3, -0.25) is 9.52 Å². The summed E-state index contributed by atoms with van der Waals surface area (Å²) < 4.78 is 32.7. The predicted molar refractivity (Wildman–Crippen MR) is 109 cm³/mol. The van der Waals surface area contributed by atoms with Crippen LogP contribution in [0, 0.1) is 0 Å². The van der Waals surface area contributed by atoms with Crippen molar-refractivity contribution in [1.29, 1.82) is 0 Å². The maximum absolute atomic E-state index is 12.6. The highest BCUT2D eigenvalue weighted by atomic mass is 32.2. The van der Waals surface area contributed by atoms with E-state index in [2.05, 4.69) is 15.4 Å². The SMILES string of the molecule is CNC(=S)NS(=O)(=O)c1cc(CC(=O)NC(C)c2ccco2)ccc1SC. The number of carbonyl (C=O) groups is 1. The van der Waals surface area contributed by atoms with E-state index >= 15 is 0 Å². The molecule has 0 fully saturated rings. The number of benzene rings is 1. The summed E-state index contributed by atoms with van der Waals surface area (Å²) >= 11 is 6.19. The Labute approximate surface area is 168 Å². The smallest absolute Gasteiger partial charge is 0.264 e. The van der Waals surface area contributed by atoms with Crippen LogP contribution >= 0.6 is 24.0 Å². The molecule has 3 N–H and O–H groups in total. The number of hydrogen-bond acceptors (Lipinski definition) is 6. The number of nitrogens with one attached hydrogen (secondary N) is 3. The third kappa shape index (κ3) is 5.72. The molecule has 1 unspecified atom stereocenters. The van der Waals surface area contributed by atoms with E-state index < -0.39 is 10.0 Å². The van der Waals surface area contributed by atoms with Gasteiger partial charge in [0.1, 0.15) is 10.7 Å². The zero-order valence-electron chi connectivity index (χ0n) is 15.1. The molecule has 7 nitrogen and oxygen atoms in total. The molecule has 0 saturated heterocycles. The van der Waals surface area contributed by atoms with Crippen LogP contribution in [-0.2, 0) is 21.2 Å². The highest BCUT2D eigenvalue weighted by Gasteiger charge is 2.21. The zero-order chi connectivity index (χ0) is 20.0. The number of carbonyl (C=O) groups excluding carboxylic acids is 1. The quantitative estimate of drug-likeness (QED) is 0.460. The minimum atomic E-state index is -3.85. The molecule has 1 amide bonds. The Balaban J connectivity index is 2.18. The fraction of sp³-hybridized carbons (Fsp3) is 0.294. The third-order valence-electron chi connectivity index (χ3n) is 3.68. The molecule has 146 valence electrons. The van der Waals surface area contributed by atoms with Crippen LogP contribution < -0.4 is 15.4 Å². The van der Waals surface area contributed by atoms with Gasteiger partial charge in [0.25, 0.3) is 10.0 Å². The number of thiocarbonyl (C=S) groups is 1. The van der Waals surface area contributed by atoms with E-state index in [0.29, 0.717) is 16.2 Å². The molecular weight excluding hydrogens is 406 g/mol. The van der Waals surface area contributed by atoms with Gasteiger partial charge in [-0.2, -0.15) is 0 Å². The molecule has 0 bridgehead atoms. The molecule has 1 heterocycles. The number of rotatable bonds is 7. The molecule has 10 heteroatoms. The highest BCUT2D eigenvalue weighted by Crippen LogP contribution is 2.26. The summed E-state index contributed by atoms with van der Waals surface area (Å²) in [6.07, 6.45) is 3.36. The number of amides is 1. The molecule has 1 aromatic carbocycles. The minimum absolute atomic E-state index is 0.00234. The predicted octanol–water partition coefficient (Wildman–Crippen LogP) is 2.20. The van der Waals surface area contributed by atoms with Crippen LogP contribution in [-0.4, -0.2) is 32.7 Å². The van der Waals surface area contributed by atoms with Gasteiger partial charge in [0, 0.05) is 11.9 Å². The fourth-order valence-electron chi connectivity index (χ4n) is 2.36. The number of hydrogen-bond donors (Lipinski definition) is 3. The molecule has 0 spiro atoms. The van der Waals surface area contributed by atoms with E-state index in [1.807, 2.05) is 6.92 Å². The monoisotopic (exact) mass is 427 g/mol. The summed E-state index contributed by atoms with van der Waals surface area (Å²) in [4.78, 5) is 12.9. The molecule has 0 saturated carbocycles. The summed E-state index contributed by atoms with van der Waals surface area (Å²) in [5.74, 6) is 0.409. The van der Waals surface area contributed by atoms with Crippen molar-refractivity contribution in [2.75, 3.05) is 13.3 Å². The Hall–Kier alpha value is -2.04. The molecule has 1 atom stereocenters. The first-order chi connectivity index (χ1) is 12.8. The lowest BCUT2D eigenvalue weighted by molar-refractivity contribution is -0.121. The van der Waals surface area contributed by atoms with Gasteiger partial charge in [0.05, 0.1) is 18.7 Å². The third-order valence-corrected chi connectivity index (χ3v) is 6.43. The number of furan rings is 1. The average molecular weight is 428 g/mol. The standard InChI is InChI=1S/C17H21N3O4S3/c1-11(13-5-4-8-24-13)19-16(21)10-12-6-7-14(26-3)15(9-12)27(22,23)20-17(25)18-2/h4-9,11H,10H2,1-3H3,(H,19,21)(H2,18,20,25). The summed E-state index contributed by atoms with van der Waals surface area (Å²) in [7, 11) is -2.32. The van der Waals surface area contributed by atoms with Gasteiger partial charge >= 0.3 is 0 Å². The van der Waals surface area contributed by atoms with Crippen LogP contribution in [0.4, 0.5) is 0 Å². The van der Waals surface area contributed by atoms with Crippen LogP contribution in [0.2, 0.25) is 0 Å². The molecule has 0 aliphatic heterocycles. The van der Waals surface area contributed by atoms with Crippen molar-refractivity contribution < 1.29 is 17.6 Å². The highest BCUT2D eigenvalue weighted by molar-refractivity contribution is 7.99. The van der Waals surface area contributed by atoms with Gasteiger partial charge in [-0.25, -0.2) is 8.42 Å². The molecule has 27 heavy (non-hydrogen) atoms. The van der Waals surface area contributed by atoms with Crippen molar-refractivity contribution in [2.24, 2.45) is 0 Å². The second-order valence-corrected chi connectivity index (χ2v) is 8.56. The van der Waals surface area contributed by atoms with E-state index in [9.17, 15) is 13.2 Å². The molecule has 2 rings (SSSR count). The van der Waals surface area contributed by atoms with E-state index in [-0.39, 0.29) is 28.4 Å². The lowest BCUT2D eigenvalue weighted by Gasteiger charge is -2.14. The van der Waals surface area contributed by atoms with E-state index in [1.165, 1.54) is 24.9 Å². The van der Waals surface area contributed by atoms with Crippen molar-refractivity contribution >= 4 is 45.0 Å². The van der Waals surface area contributed by atoms with Crippen molar-refractivity contribution in [3.05, 3.63) is 47.9 Å². The van der Waals surface area contributed by atoms with Crippen molar-refractivity contribution in [3.8, 4) is 0 Å². The van der Waals surface area contributed by atoms with Crippen molar-refractivity contribution in [1.82, 2.24) is 15.4 Å². The summed E-state index contributed by atoms with van der Waals surface area (Å²) in [5, 5.41) is 5.39. The van der Waals surface area contributed by atoms with Gasteiger partial charge in [-0.1, -0.05) is 6.07 Å². The van der Waals surface area contributed by atoms with Gasteiger partial charge in [-0.05, 0) is 55.2 Å². The van der Waals surface area contributed by atoms with Gasteiger partial charge < -0.3 is 15.1 Å². The first kappa shape index (κ1) is 21.3. The van der Waals surface area contributed by atoms with Gasteiger partial charge in [0.2, 0.25) is 5.91 Å². The second kappa shape index (κ2) is 9.25.